The zero-order chi connectivity index (χ0) is 12.8. The molecule has 0 heterocycles. The molecule has 0 radical (unpaired) electrons. The number of aliphatic hydroxyl groups is 1. The molecule has 1 saturated carbocycles. The number of hydrogen-bond donors (Lipinski definition) is 1. The molecule has 1 aromatic rings. The molecular formula is C16H19NO. The number of nitriles is 1. The maximum Gasteiger partial charge on any atom is 0.112 e. The smallest absolute Gasteiger partial charge is 0.112 e. The lowest BCUT2D eigenvalue weighted by Crippen LogP contribution is -2.51. The molecule has 3 rings (SSSR count). The van der Waals surface area contributed by atoms with Crippen molar-refractivity contribution < 1.29 is 5.11 Å². The van der Waals surface area contributed by atoms with Gasteiger partial charge in [-0.1, -0.05) is 31.2 Å². The minimum absolute atomic E-state index is 0.313. The minimum atomic E-state index is -0.839. The fraction of sp³-hybridized carbons (Fsp3) is 0.562. The largest absolute Gasteiger partial charge is 0.388 e. The van der Waals surface area contributed by atoms with E-state index < -0.39 is 11.0 Å². The molecule has 1 N–H and O–H groups in total. The van der Waals surface area contributed by atoms with Crippen molar-refractivity contribution in [3.05, 3.63) is 35.4 Å². The summed E-state index contributed by atoms with van der Waals surface area (Å²) in [4.78, 5) is 0. The van der Waals surface area contributed by atoms with Crippen LogP contribution in [0.2, 0.25) is 0 Å². The van der Waals surface area contributed by atoms with E-state index in [4.69, 9.17) is 0 Å². The van der Waals surface area contributed by atoms with Gasteiger partial charge in [0.2, 0.25) is 0 Å². The van der Waals surface area contributed by atoms with Crippen LogP contribution in [-0.2, 0) is 11.8 Å². The molecule has 0 bridgehead atoms. The Morgan fingerprint density at radius 1 is 1.44 bits per heavy atom. The highest BCUT2D eigenvalue weighted by atomic mass is 16.3. The molecule has 2 nitrogen and oxygen atoms in total. The lowest BCUT2D eigenvalue weighted by Gasteiger charge is -2.41. The molecule has 0 amide bonds. The average Bonchev–Trinajstić information content (AvgIpc) is 3.20. The number of aryl methyl sites for hydroxylation is 1. The molecule has 2 heteroatoms. The first kappa shape index (κ1) is 11.7. The van der Waals surface area contributed by atoms with Crippen LogP contribution in [0, 0.1) is 17.2 Å². The summed E-state index contributed by atoms with van der Waals surface area (Å²) in [6, 6.07) is 10.6. The van der Waals surface area contributed by atoms with Crippen LogP contribution in [0.15, 0.2) is 24.3 Å². The van der Waals surface area contributed by atoms with Gasteiger partial charge in [-0.2, -0.15) is 5.26 Å². The highest BCUT2D eigenvalue weighted by molar-refractivity contribution is 5.48. The quantitative estimate of drug-likeness (QED) is 0.884. The van der Waals surface area contributed by atoms with Gasteiger partial charge in [-0.15, -0.1) is 0 Å². The molecule has 2 aliphatic rings. The Kier molecular flexibility index (Phi) is 2.50. The normalized spacial score (nSPS) is 29.4. The molecular weight excluding hydrogens is 222 g/mol. The van der Waals surface area contributed by atoms with Gasteiger partial charge in [0.1, 0.15) is 5.41 Å². The Morgan fingerprint density at radius 2 is 2.17 bits per heavy atom. The van der Waals surface area contributed by atoms with Gasteiger partial charge < -0.3 is 5.11 Å². The van der Waals surface area contributed by atoms with E-state index in [-0.39, 0.29) is 0 Å². The summed E-state index contributed by atoms with van der Waals surface area (Å²) in [7, 11) is 0. The number of hydrogen-bond acceptors (Lipinski definition) is 2. The van der Waals surface area contributed by atoms with Crippen LogP contribution in [0.4, 0.5) is 0 Å². The van der Waals surface area contributed by atoms with Gasteiger partial charge in [0.05, 0.1) is 11.7 Å². The number of rotatable bonds is 3. The number of nitrogens with zero attached hydrogens (tertiary/aromatic N) is 1. The van der Waals surface area contributed by atoms with Crippen molar-refractivity contribution in [2.45, 2.75) is 50.0 Å². The summed E-state index contributed by atoms with van der Waals surface area (Å²) in [6.07, 6.45) is 4.48. The first-order valence-corrected chi connectivity index (χ1v) is 6.90. The van der Waals surface area contributed by atoms with E-state index in [1.165, 1.54) is 5.56 Å². The van der Waals surface area contributed by atoms with Crippen LogP contribution < -0.4 is 0 Å². The monoisotopic (exact) mass is 241 g/mol. The van der Waals surface area contributed by atoms with Crippen molar-refractivity contribution in [1.29, 1.82) is 5.26 Å². The van der Waals surface area contributed by atoms with E-state index in [0.29, 0.717) is 12.3 Å². The lowest BCUT2D eigenvalue weighted by atomic mass is 9.65. The Labute approximate surface area is 108 Å². The Bertz CT molecular complexity index is 514. The molecule has 0 spiro atoms. The van der Waals surface area contributed by atoms with E-state index in [0.717, 1.165) is 31.2 Å². The summed E-state index contributed by atoms with van der Waals surface area (Å²) < 4.78 is 0. The van der Waals surface area contributed by atoms with Crippen molar-refractivity contribution in [3.63, 3.8) is 0 Å². The van der Waals surface area contributed by atoms with E-state index in [1.807, 2.05) is 25.1 Å². The number of benzene rings is 1. The molecule has 1 aromatic carbocycles. The lowest BCUT2D eigenvalue weighted by molar-refractivity contribution is -0.0411. The highest BCUT2D eigenvalue weighted by Crippen LogP contribution is 2.56. The predicted octanol–water partition coefficient (Wildman–Crippen LogP) is 2.95. The van der Waals surface area contributed by atoms with Gasteiger partial charge in [0.25, 0.3) is 0 Å². The minimum Gasteiger partial charge on any atom is -0.388 e. The summed E-state index contributed by atoms with van der Waals surface area (Å²) >= 11 is 0. The summed E-state index contributed by atoms with van der Waals surface area (Å²) in [5.74, 6) is 0.313. The fourth-order valence-electron chi connectivity index (χ4n) is 3.77. The topological polar surface area (TPSA) is 44.0 Å². The zero-order valence-electron chi connectivity index (χ0n) is 10.8. The summed E-state index contributed by atoms with van der Waals surface area (Å²) in [5, 5.41) is 20.9. The van der Waals surface area contributed by atoms with Crippen molar-refractivity contribution in [3.8, 4) is 6.07 Å². The van der Waals surface area contributed by atoms with E-state index in [9.17, 15) is 10.4 Å². The maximum absolute atomic E-state index is 11.1. The predicted molar refractivity (Wildman–Crippen MR) is 70.0 cm³/mol. The van der Waals surface area contributed by atoms with E-state index >= 15 is 0 Å². The third kappa shape index (κ3) is 1.31. The molecule has 1 fully saturated rings. The van der Waals surface area contributed by atoms with Crippen LogP contribution in [0.3, 0.4) is 0 Å². The Morgan fingerprint density at radius 3 is 2.78 bits per heavy atom. The van der Waals surface area contributed by atoms with Crippen LogP contribution in [0.5, 0.6) is 0 Å². The number of fused-ring (bicyclic) bond motifs is 1. The average molecular weight is 241 g/mol. The van der Waals surface area contributed by atoms with Crippen molar-refractivity contribution in [2.24, 2.45) is 5.92 Å². The molecule has 0 saturated heterocycles. The molecule has 0 aliphatic heterocycles. The van der Waals surface area contributed by atoms with Gasteiger partial charge in [-0.25, -0.2) is 0 Å². The van der Waals surface area contributed by atoms with Gasteiger partial charge in [-0.3, -0.25) is 0 Å². The standard InChI is InChI=1S/C16H19NO/c1-2-16(18,13-7-8-13)15(11-17)10-9-12-5-3-4-6-14(12)15/h3-6,13,18H,2,7-10H2,1H3. The SMILES string of the molecule is CCC(O)(C1CC1)C1(C#N)CCc2ccccc21. The van der Waals surface area contributed by atoms with Gasteiger partial charge in [0.15, 0.2) is 0 Å². The van der Waals surface area contributed by atoms with Crippen LogP contribution in [0.1, 0.15) is 43.7 Å². The summed E-state index contributed by atoms with van der Waals surface area (Å²) in [6.45, 7) is 2.01. The van der Waals surface area contributed by atoms with Crippen molar-refractivity contribution in [2.75, 3.05) is 0 Å². The fourth-order valence-corrected chi connectivity index (χ4v) is 3.77. The molecule has 18 heavy (non-hydrogen) atoms. The first-order valence-electron chi connectivity index (χ1n) is 6.90. The maximum atomic E-state index is 11.1. The molecule has 2 atom stereocenters. The van der Waals surface area contributed by atoms with Crippen LogP contribution in [-0.4, -0.2) is 10.7 Å². The summed E-state index contributed by atoms with van der Waals surface area (Å²) in [5.41, 5.74) is 0.795. The van der Waals surface area contributed by atoms with E-state index in [2.05, 4.69) is 12.1 Å². The zero-order valence-corrected chi connectivity index (χ0v) is 10.8. The van der Waals surface area contributed by atoms with Crippen molar-refractivity contribution in [1.82, 2.24) is 0 Å². The van der Waals surface area contributed by atoms with Crippen LogP contribution in [0.25, 0.3) is 0 Å². The molecule has 0 aromatic heterocycles. The van der Waals surface area contributed by atoms with Crippen molar-refractivity contribution >= 4 is 0 Å². The van der Waals surface area contributed by atoms with Crippen LogP contribution >= 0.6 is 0 Å². The third-order valence-corrected chi connectivity index (χ3v) is 4.97. The van der Waals surface area contributed by atoms with Gasteiger partial charge in [-0.05, 0) is 49.1 Å². The Balaban J connectivity index is 2.15. The van der Waals surface area contributed by atoms with Gasteiger partial charge >= 0.3 is 0 Å². The van der Waals surface area contributed by atoms with Gasteiger partial charge in [0, 0.05) is 0 Å². The Hall–Kier alpha value is -1.33. The molecule has 2 unspecified atom stereocenters. The highest BCUT2D eigenvalue weighted by Gasteiger charge is 2.60. The second-order valence-electron chi connectivity index (χ2n) is 5.73. The second-order valence-corrected chi connectivity index (χ2v) is 5.73. The molecule has 94 valence electrons. The second kappa shape index (κ2) is 3.83. The molecule has 2 aliphatic carbocycles. The first-order chi connectivity index (χ1) is 8.68. The third-order valence-electron chi connectivity index (χ3n) is 4.97. The van der Waals surface area contributed by atoms with E-state index in [1.54, 1.807) is 0 Å².